The summed E-state index contributed by atoms with van der Waals surface area (Å²) >= 11 is 3.11. The zero-order chi connectivity index (χ0) is 18.2. The van der Waals surface area contributed by atoms with Crippen molar-refractivity contribution < 1.29 is 0 Å². The second kappa shape index (κ2) is 15.2. The van der Waals surface area contributed by atoms with E-state index in [9.17, 15) is 0 Å². The second-order valence-electron chi connectivity index (χ2n) is 8.25. The summed E-state index contributed by atoms with van der Waals surface area (Å²) in [4.78, 5) is 0. The molecule has 0 fully saturated rings. The molecule has 24 heavy (non-hydrogen) atoms. The van der Waals surface area contributed by atoms with Crippen LogP contribution in [0.2, 0.25) is 0 Å². The van der Waals surface area contributed by atoms with Crippen LogP contribution in [0, 0.1) is 0 Å². The van der Waals surface area contributed by atoms with E-state index in [2.05, 4.69) is 49.7 Å². The molecular formula is C22H48IP. The molecule has 0 saturated heterocycles. The van der Waals surface area contributed by atoms with Crippen LogP contribution in [0.4, 0.5) is 0 Å². The molecule has 148 valence electrons. The summed E-state index contributed by atoms with van der Waals surface area (Å²) in [6, 6.07) is 0. The van der Waals surface area contributed by atoms with Crippen molar-refractivity contribution in [3.63, 3.8) is 0 Å². The van der Waals surface area contributed by atoms with Gasteiger partial charge in [0.1, 0.15) is 0 Å². The summed E-state index contributed by atoms with van der Waals surface area (Å²) in [5, 5.41) is 0. The zero-order valence-corrected chi connectivity index (χ0v) is 20.6. The van der Waals surface area contributed by atoms with Crippen LogP contribution < -0.4 is 0 Å². The zero-order valence-electron chi connectivity index (χ0n) is 17.6. The maximum absolute atomic E-state index is 3.11. The van der Waals surface area contributed by atoms with Crippen molar-refractivity contribution >= 4 is 26.3 Å². The van der Waals surface area contributed by atoms with E-state index in [1.165, 1.54) is 89.9 Å². The van der Waals surface area contributed by atoms with Crippen molar-refractivity contribution in [1.29, 1.82) is 0 Å². The quantitative estimate of drug-likeness (QED) is 0.106. The van der Waals surface area contributed by atoms with Crippen LogP contribution in [0.15, 0.2) is 0 Å². The Hall–Kier alpha value is 1.16. The van der Waals surface area contributed by atoms with E-state index >= 15 is 0 Å². The molecule has 0 saturated carbocycles. The SMILES string of the molecule is CCCCCCCP(I)(CCCC)(CCCC)CCCCCCC. The number of hydrogen-bond acceptors (Lipinski definition) is 0. The van der Waals surface area contributed by atoms with Crippen LogP contribution in [0.5, 0.6) is 0 Å². The van der Waals surface area contributed by atoms with Gasteiger partial charge in [-0.05, 0) is 0 Å². The van der Waals surface area contributed by atoms with Crippen molar-refractivity contribution in [2.24, 2.45) is 0 Å². The van der Waals surface area contributed by atoms with Gasteiger partial charge in [-0.15, -0.1) is 0 Å². The molecule has 0 heterocycles. The van der Waals surface area contributed by atoms with Gasteiger partial charge < -0.3 is 0 Å². The van der Waals surface area contributed by atoms with Gasteiger partial charge in [0.05, 0.1) is 0 Å². The summed E-state index contributed by atoms with van der Waals surface area (Å²) in [7, 11) is 0. The fourth-order valence-corrected chi connectivity index (χ4v) is 13.7. The van der Waals surface area contributed by atoms with Gasteiger partial charge in [-0.3, -0.25) is 0 Å². The minimum atomic E-state index is -1.48. The summed E-state index contributed by atoms with van der Waals surface area (Å²) < 4.78 is -1.48. The molecule has 0 aliphatic carbocycles. The van der Waals surface area contributed by atoms with Crippen LogP contribution in [-0.2, 0) is 0 Å². The first-order chi connectivity index (χ1) is 11.5. The van der Waals surface area contributed by atoms with Crippen LogP contribution in [0.1, 0.15) is 118 Å². The Balaban J connectivity index is 4.73. The maximum atomic E-state index is 3.11. The molecule has 0 N–H and O–H groups in total. The van der Waals surface area contributed by atoms with Gasteiger partial charge in [-0.2, -0.15) is 0 Å². The van der Waals surface area contributed by atoms with Crippen LogP contribution in [-0.4, -0.2) is 24.6 Å². The van der Waals surface area contributed by atoms with Crippen LogP contribution >= 0.6 is 26.3 Å². The van der Waals surface area contributed by atoms with Crippen molar-refractivity contribution in [1.82, 2.24) is 0 Å². The summed E-state index contributed by atoms with van der Waals surface area (Å²) in [5.74, 6) is 0. The van der Waals surface area contributed by atoms with E-state index in [0.717, 1.165) is 0 Å². The Bertz CT molecular complexity index is 251. The predicted molar refractivity (Wildman–Crippen MR) is 128 cm³/mol. The summed E-state index contributed by atoms with van der Waals surface area (Å²) in [6.45, 7) is 9.44. The first-order valence-corrected chi connectivity index (χ1v) is 17.0. The summed E-state index contributed by atoms with van der Waals surface area (Å²) in [6.07, 6.45) is 26.7. The van der Waals surface area contributed by atoms with E-state index in [1.54, 1.807) is 24.6 Å². The summed E-state index contributed by atoms with van der Waals surface area (Å²) in [5.41, 5.74) is 0. The Labute approximate surface area is 168 Å². The van der Waals surface area contributed by atoms with E-state index in [4.69, 9.17) is 0 Å². The van der Waals surface area contributed by atoms with Crippen molar-refractivity contribution in [3.8, 4) is 0 Å². The van der Waals surface area contributed by atoms with Gasteiger partial charge in [0.25, 0.3) is 0 Å². The third-order valence-corrected chi connectivity index (χ3v) is 17.3. The molecule has 0 amide bonds. The Kier molecular flexibility index (Phi) is 16.0. The van der Waals surface area contributed by atoms with Gasteiger partial charge >= 0.3 is 169 Å². The van der Waals surface area contributed by atoms with E-state index in [-0.39, 0.29) is 0 Å². The molecule has 0 atom stereocenters. The molecule has 0 aromatic carbocycles. The molecular weight excluding hydrogens is 422 g/mol. The normalized spacial score (nSPS) is 13.8. The first kappa shape index (κ1) is 25.2. The molecule has 0 rings (SSSR count). The van der Waals surface area contributed by atoms with Gasteiger partial charge in [-0.25, -0.2) is 0 Å². The van der Waals surface area contributed by atoms with E-state index < -0.39 is 4.25 Å². The minimum absolute atomic E-state index is 1.37. The standard InChI is InChI=1S/C22H48IP/c1-5-9-13-15-17-21-24(23,19-11-7-3,20-12-8-4)22-18-16-14-10-6-2/h5-22H2,1-4H3. The molecule has 0 aliphatic rings. The molecule has 0 spiro atoms. The van der Waals surface area contributed by atoms with Crippen molar-refractivity contribution in [3.05, 3.63) is 0 Å². The van der Waals surface area contributed by atoms with Gasteiger partial charge in [-0.1, -0.05) is 0 Å². The number of hydrogen-bond donors (Lipinski definition) is 0. The molecule has 0 aromatic heterocycles. The van der Waals surface area contributed by atoms with E-state index in [1.807, 2.05) is 0 Å². The van der Waals surface area contributed by atoms with Crippen LogP contribution in [0.25, 0.3) is 0 Å². The number of rotatable bonds is 18. The predicted octanol–water partition coefficient (Wildman–Crippen LogP) is 9.43. The van der Waals surface area contributed by atoms with Gasteiger partial charge in [0, 0.05) is 0 Å². The second-order valence-corrected chi connectivity index (χ2v) is 21.9. The molecule has 0 aromatic rings. The Morgan fingerprint density at radius 2 is 0.708 bits per heavy atom. The molecule has 0 bridgehead atoms. The monoisotopic (exact) mass is 470 g/mol. The average molecular weight is 471 g/mol. The Morgan fingerprint density at radius 1 is 0.417 bits per heavy atom. The molecule has 0 unspecified atom stereocenters. The fraction of sp³-hybridized carbons (Fsp3) is 1.00. The van der Waals surface area contributed by atoms with Gasteiger partial charge in [0.2, 0.25) is 0 Å². The van der Waals surface area contributed by atoms with E-state index in [0.29, 0.717) is 0 Å². The van der Waals surface area contributed by atoms with Crippen molar-refractivity contribution in [2.45, 2.75) is 118 Å². The van der Waals surface area contributed by atoms with Gasteiger partial charge in [0.15, 0.2) is 0 Å². The third-order valence-electron chi connectivity index (χ3n) is 5.78. The Morgan fingerprint density at radius 3 is 1.04 bits per heavy atom. The average Bonchev–Trinajstić information content (AvgIpc) is 2.59. The molecule has 2 heteroatoms. The number of unbranched alkanes of at least 4 members (excludes halogenated alkanes) is 10. The third kappa shape index (κ3) is 11.7. The molecule has 0 radical (unpaired) electrons. The topological polar surface area (TPSA) is 0 Å². The number of halogens is 1. The molecule has 0 nitrogen and oxygen atoms in total. The fourth-order valence-electron chi connectivity index (χ4n) is 4.00. The molecule has 0 aliphatic heterocycles. The van der Waals surface area contributed by atoms with Crippen molar-refractivity contribution in [2.75, 3.05) is 24.6 Å². The van der Waals surface area contributed by atoms with Crippen LogP contribution in [0.3, 0.4) is 0 Å². The first-order valence-electron chi connectivity index (χ1n) is 11.3.